The first-order chi connectivity index (χ1) is 9.59. The molecule has 1 atom stereocenters. The molecule has 0 saturated heterocycles. The topological polar surface area (TPSA) is 0 Å². The van der Waals surface area contributed by atoms with Gasteiger partial charge in [0.2, 0.25) is 0 Å². The summed E-state index contributed by atoms with van der Waals surface area (Å²) in [6.45, 7) is 4.78. The van der Waals surface area contributed by atoms with Crippen LogP contribution in [0.25, 0.3) is 0 Å². The zero-order chi connectivity index (χ0) is 14.5. The number of rotatable bonds is 5. The van der Waals surface area contributed by atoms with Crippen molar-refractivity contribution >= 4 is 52.4 Å². The van der Waals surface area contributed by atoms with E-state index in [9.17, 15) is 0 Å². The number of hydrogen-bond acceptors (Lipinski definition) is 1. The number of hydrogen-bond donors (Lipinski definition) is 0. The average Bonchev–Trinajstić information content (AvgIpc) is 2.42. The molecule has 2 aromatic rings. The van der Waals surface area contributed by atoms with Gasteiger partial charge in [-0.3, -0.25) is 0 Å². The summed E-state index contributed by atoms with van der Waals surface area (Å²) < 4.78 is 2.44. The standard InChI is InChI=1S/C16H17Br2SSi/c1-20(2)16(13-8-4-6-10-15(13)18)19-11-12-7-3-5-9-14(12)17/h3-10,16H,11H2,1-2H3. The highest BCUT2D eigenvalue weighted by molar-refractivity contribution is 9.10. The molecule has 0 N–H and O–H groups in total. The van der Waals surface area contributed by atoms with Crippen LogP contribution in [-0.4, -0.2) is 8.80 Å². The molecule has 4 heteroatoms. The monoisotopic (exact) mass is 427 g/mol. The Kier molecular flexibility index (Phi) is 6.40. The van der Waals surface area contributed by atoms with E-state index < -0.39 is 8.80 Å². The van der Waals surface area contributed by atoms with Crippen LogP contribution >= 0.6 is 43.6 Å². The summed E-state index contributed by atoms with van der Waals surface area (Å²) in [5.41, 5.74) is 2.81. The molecule has 1 unspecified atom stereocenters. The van der Waals surface area contributed by atoms with Gasteiger partial charge in [0, 0.05) is 19.6 Å². The van der Waals surface area contributed by atoms with Crippen LogP contribution in [0.5, 0.6) is 0 Å². The number of thioether (sulfide) groups is 1. The highest BCUT2D eigenvalue weighted by atomic mass is 79.9. The maximum Gasteiger partial charge on any atom is 0.0630 e. The van der Waals surface area contributed by atoms with E-state index >= 15 is 0 Å². The first-order valence-electron chi connectivity index (χ1n) is 6.49. The predicted molar refractivity (Wildman–Crippen MR) is 99.8 cm³/mol. The third-order valence-electron chi connectivity index (χ3n) is 3.08. The van der Waals surface area contributed by atoms with Crippen molar-refractivity contribution in [2.24, 2.45) is 0 Å². The molecule has 2 rings (SSSR count). The summed E-state index contributed by atoms with van der Waals surface area (Å²) in [6.07, 6.45) is 0. The Morgan fingerprint density at radius 1 is 0.950 bits per heavy atom. The minimum atomic E-state index is -0.412. The smallest absolute Gasteiger partial charge is 0.0630 e. The Labute approximate surface area is 144 Å². The molecule has 0 aliphatic heterocycles. The Morgan fingerprint density at radius 3 is 2.15 bits per heavy atom. The van der Waals surface area contributed by atoms with Gasteiger partial charge in [0.25, 0.3) is 0 Å². The normalized spacial score (nSPS) is 12.7. The summed E-state index contributed by atoms with van der Waals surface area (Å²) in [7, 11) is -0.412. The van der Waals surface area contributed by atoms with Crippen molar-refractivity contribution in [2.45, 2.75) is 23.7 Å². The van der Waals surface area contributed by atoms with Crippen LogP contribution in [0.2, 0.25) is 13.1 Å². The fourth-order valence-electron chi connectivity index (χ4n) is 2.04. The molecule has 0 fully saturated rings. The maximum absolute atomic E-state index is 3.70. The van der Waals surface area contributed by atoms with Crippen LogP contribution in [-0.2, 0) is 5.75 Å². The molecule has 0 amide bonds. The number of benzene rings is 2. The van der Waals surface area contributed by atoms with E-state index in [0.717, 1.165) is 5.75 Å². The molecular weight excluding hydrogens is 412 g/mol. The van der Waals surface area contributed by atoms with Gasteiger partial charge in [0.15, 0.2) is 0 Å². The minimum absolute atomic E-state index is 0.412. The van der Waals surface area contributed by atoms with Gasteiger partial charge < -0.3 is 0 Å². The second-order valence-electron chi connectivity index (χ2n) is 4.88. The minimum Gasteiger partial charge on any atom is -0.152 e. The van der Waals surface area contributed by atoms with E-state index in [4.69, 9.17) is 0 Å². The largest absolute Gasteiger partial charge is 0.152 e. The summed E-state index contributed by atoms with van der Waals surface area (Å²) in [5, 5.41) is 0. The van der Waals surface area contributed by atoms with E-state index in [1.165, 1.54) is 20.1 Å². The van der Waals surface area contributed by atoms with Crippen LogP contribution in [0.3, 0.4) is 0 Å². The molecule has 105 valence electrons. The van der Waals surface area contributed by atoms with Gasteiger partial charge in [-0.25, -0.2) is 0 Å². The van der Waals surface area contributed by atoms with Crippen molar-refractivity contribution in [1.29, 1.82) is 0 Å². The lowest BCUT2D eigenvalue weighted by atomic mass is 10.2. The molecule has 20 heavy (non-hydrogen) atoms. The molecule has 0 heterocycles. The van der Waals surface area contributed by atoms with Crippen LogP contribution in [0.4, 0.5) is 0 Å². The fourth-order valence-corrected chi connectivity index (χ4v) is 6.97. The molecule has 0 nitrogen and oxygen atoms in total. The lowest BCUT2D eigenvalue weighted by Crippen LogP contribution is -2.13. The van der Waals surface area contributed by atoms with Gasteiger partial charge in [-0.05, 0) is 23.3 Å². The first-order valence-corrected chi connectivity index (χ1v) is 11.7. The molecular formula is C16H17Br2SSi. The second kappa shape index (κ2) is 7.83. The molecule has 0 aliphatic carbocycles. The maximum atomic E-state index is 3.70. The van der Waals surface area contributed by atoms with Crippen molar-refractivity contribution in [3.63, 3.8) is 0 Å². The fraction of sp³-hybridized carbons (Fsp3) is 0.250. The molecule has 2 aromatic carbocycles. The number of halogens is 2. The van der Waals surface area contributed by atoms with Gasteiger partial charge in [-0.15, -0.1) is 0 Å². The SMILES string of the molecule is C[Si](C)C(SCc1ccccc1Br)c1ccccc1Br. The van der Waals surface area contributed by atoms with Gasteiger partial charge in [0.05, 0.1) is 8.80 Å². The van der Waals surface area contributed by atoms with Crippen LogP contribution in [0.1, 0.15) is 16.0 Å². The Morgan fingerprint density at radius 2 is 1.55 bits per heavy atom. The van der Waals surface area contributed by atoms with Crippen molar-refractivity contribution < 1.29 is 0 Å². The van der Waals surface area contributed by atoms with Crippen LogP contribution in [0, 0.1) is 0 Å². The van der Waals surface area contributed by atoms with Crippen molar-refractivity contribution in [1.82, 2.24) is 0 Å². The first kappa shape index (κ1) is 16.3. The third kappa shape index (κ3) is 4.23. The van der Waals surface area contributed by atoms with Gasteiger partial charge in [-0.1, -0.05) is 81.4 Å². The third-order valence-corrected chi connectivity index (χ3v) is 8.91. The average molecular weight is 429 g/mol. The highest BCUT2D eigenvalue weighted by Gasteiger charge is 2.20. The molecule has 0 aliphatic rings. The zero-order valence-corrected chi connectivity index (χ0v) is 16.6. The summed E-state index contributed by atoms with van der Waals surface area (Å²) in [5.74, 6) is 1.04. The van der Waals surface area contributed by atoms with E-state index in [2.05, 4.69) is 93.5 Å². The van der Waals surface area contributed by atoms with E-state index in [1.54, 1.807) is 0 Å². The highest BCUT2D eigenvalue weighted by Crippen LogP contribution is 2.38. The molecule has 0 aromatic heterocycles. The predicted octanol–water partition coefficient (Wildman–Crippen LogP) is 6.48. The van der Waals surface area contributed by atoms with Gasteiger partial charge in [-0.2, -0.15) is 11.8 Å². The van der Waals surface area contributed by atoms with E-state index in [1.807, 2.05) is 11.8 Å². The van der Waals surface area contributed by atoms with E-state index in [-0.39, 0.29) is 0 Å². The second-order valence-corrected chi connectivity index (χ2v) is 10.8. The summed E-state index contributed by atoms with van der Waals surface area (Å²) in [6, 6.07) is 17.1. The Hall–Kier alpha value is -0.0331. The zero-order valence-electron chi connectivity index (χ0n) is 11.6. The lowest BCUT2D eigenvalue weighted by molar-refractivity contribution is 1.27. The van der Waals surface area contributed by atoms with Gasteiger partial charge in [0.1, 0.15) is 0 Å². The Balaban J connectivity index is 2.15. The summed E-state index contributed by atoms with van der Waals surface area (Å²) in [4.78, 5) is 0.600. The molecule has 0 bridgehead atoms. The van der Waals surface area contributed by atoms with E-state index in [0.29, 0.717) is 4.87 Å². The molecule has 1 radical (unpaired) electrons. The van der Waals surface area contributed by atoms with Crippen LogP contribution in [0.15, 0.2) is 57.5 Å². The van der Waals surface area contributed by atoms with Gasteiger partial charge >= 0.3 is 0 Å². The Bertz CT molecular complexity index is 572. The lowest BCUT2D eigenvalue weighted by Gasteiger charge is -2.21. The quantitative estimate of drug-likeness (QED) is 0.491. The van der Waals surface area contributed by atoms with Crippen LogP contribution < -0.4 is 0 Å². The van der Waals surface area contributed by atoms with Crippen molar-refractivity contribution in [3.05, 3.63) is 68.6 Å². The molecule has 0 saturated carbocycles. The van der Waals surface area contributed by atoms with Crippen molar-refractivity contribution in [3.8, 4) is 0 Å². The molecule has 0 spiro atoms. The van der Waals surface area contributed by atoms with Crippen molar-refractivity contribution in [2.75, 3.05) is 0 Å². The summed E-state index contributed by atoms with van der Waals surface area (Å²) >= 11 is 9.39.